The minimum absolute atomic E-state index is 0.0141. The Labute approximate surface area is 55.9 Å². The van der Waals surface area contributed by atoms with Gasteiger partial charge < -0.3 is 9.47 Å². The quantitative estimate of drug-likeness (QED) is 0.307. The van der Waals surface area contributed by atoms with E-state index in [1.807, 2.05) is 0 Å². The van der Waals surface area contributed by atoms with Crippen LogP contribution >= 0.6 is 0 Å². The van der Waals surface area contributed by atoms with E-state index in [0.717, 1.165) is 0 Å². The minimum Gasteiger partial charge on any atom is -0.430 e. The first-order valence-electron chi connectivity index (χ1n) is 2.63. The Morgan fingerprint density at radius 3 is 2.90 bits per heavy atom. The van der Waals surface area contributed by atoms with E-state index in [-0.39, 0.29) is 13.2 Å². The summed E-state index contributed by atoms with van der Waals surface area (Å²) in [4.78, 5) is 19.4. The summed E-state index contributed by atoms with van der Waals surface area (Å²) < 4.78 is 8.67. The fourth-order valence-corrected chi connectivity index (χ4v) is 0.621. The molecule has 1 fully saturated rings. The standard InChI is InChI=1S/C4H5NO5/c6-4-9-2-3(10-4)1-5(7)8/h3H,1-2H2. The summed E-state index contributed by atoms with van der Waals surface area (Å²) in [6.45, 7) is -0.397. The van der Waals surface area contributed by atoms with Gasteiger partial charge in [0.1, 0.15) is 6.61 Å². The van der Waals surface area contributed by atoms with Crippen LogP contribution < -0.4 is 0 Å². The molecule has 0 aromatic rings. The van der Waals surface area contributed by atoms with Gasteiger partial charge in [-0.1, -0.05) is 0 Å². The second-order valence-corrected chi connectivity index (χ2v) is 1.82. The van der Waals surface area contributed by atoms with Crippen LogP contribution in [-0.4, -0.2) is 30.3 Å². The van der Waals surface area contributed by atoms with Crippen LogP contribution in [0.2, 0.25) is 0 Å². The van der Waals surface area contributed by atoms with Crippen molar-refractivity contribution in [2.45, 2.75) is 6.10 Å². The predicted molar refractivity (Wildman–Crippen MR) is 28.1 cm³/mol. The number of nitrogens with zero attached hydrogens (tertiary/aromatic N) is 1. The van der Waals surface area contributed by atoms with Crippen molar-refractivity contribution < 1.29 is 19.2 Å². The van der Waals surface area contributed by atoms with Gasteiger partial charge in [0, 0.05) is 4.92 Å². The number of rotatable bonds is 2. The zero-order valence-electron chi connectivity index (χ0n) is 4.98. The van der Waals surface area contributed by atoms with Crippen LogP contribution in [0.15, 0.2) is 0 Å². The van der Waals surface area contributed by atoms with Crippen molar-refractivity contribution in [1.82, 2.24) is 0 Å². The molecule has 1 heterocycles. The molecule has 1 rings (SSSR count). The molecule has 0 spiro atoms. The summed E-state index contributed by atoms with van der Waals surface area (Å²) in [5.41, 5.74) is 0. The smallest absolute Gasteiger partial charge is 0.430 e. The van der Waals surface area contributed by atoms with E-state index < -0.39 is 17.2 Å². The van der Waals surface area contributed by atoms with Crippen LogP contribution in [0, 0.1) is 10.1 Å². The molecule has 1 unspecified atom stereocenters. The van der Waals surface area contributed by atoms with E-state index in [0.29, 0.717) is 0 Å². The number of hydrogen-bond donors (Lipinski definition) is 0. The highest BCUT2D eigenvalue weighted by Gasteiger charge is 2.28. The number of ether oxygens (including phenoxy) is 2. The van der Waals surface area contributed by atoms with Crippen molar-refractivity contribution >= 4 is 6.16 Å². The number of carbonyl (C=O) groups excluding carboxylic acids is 1. The Bertz CT molecular complexity index is 167. The monoisotopic (exact) mass is 147 g/mol. The van der Waals surface area contributed by atoms with Gasteiger partial charge in [-0.3, -0.25) is 10.1 Å². The molecule has 6 heteroatoms. The first-order valence-corrected chi connectivity index (χ1v) is 2.63. The van der Waals surface area contributed by atoms with Crippen molar-refractivity contribution in [2.24, 2.45) is 0 Å². The van der Waals surface area contributed by atoms with Gasteiger partial charge in [-0.25, -0.2) is 4.79 Å². The molecule has 0 aromatic carbocycles. The van der Waals surface area contributed by atoms with Gasteiger partial charge in [-0.05, 0) is 0 Å². The molecular weight excluding hydrogens is 142 g/mol. The number of hydrogen-bond acceptors (Lipinski definition) is 5. The summed E-state index contributed by atoms with van der Waals surface area (Å²) in [6, 6.07) is 0. The highest BCUT2D eigenvalue weighted by Crippen LogP contribution is 2.05. The Morgan fingerprint density at radius 2 is 2.50 bits per heavy atom. The van der Waals surface area contributed by atoms with Gasteiger partial charge in [-0.15, -0.1) is 0 Å². The van der Waals surface area contributed by atoms with Gasteiger partial charge in [0.15, 0.2) is 0 Å². The largest absolute Gasteiger partial charge is 0.509 e. The highest BCUT2D eigenvalue weighted by molar-refractivity contribution is 5.61. The summed E-state index contributed by atoms with van der Waals surface area (Å²) in [6.07, 6.45) is -1.53. The van der Waals surface area contributed by atoms with Gasteiger partial charge in [-0.2, -0.15) is 0 Å². The Morgan fingerprint density at radius 1 is 1.80 bits per heavy atom. The topological polar surface area (TPSA) is 78.7 Å². The molecular formula is C4H5NO5. The van der Waals surface area contributed by atoms with E-state index >= 15 is 0 Å². The third-order valence-corrected chi connectivity index (χ3v) is 1.00. The first kappa shape index (κ1) is 6.79. The van der Waals surface area contributed by atoms with E-state index in [1.54, 1.807) is 0 Å². The average molecular weight is 147 g/mol. The number of carbonyl (C=O) groups is 1. The van der Waals surface area contributed by atoms with E-state index in [9.17, 15) is 14.9 Å². The van der Waals surface area contributed by atoms with Crippen LogP contribution in [0.1, 0.15) is 0 Å². The van der Waals surface area contributed by atoms with Crippen molar-refractivity contribution in [2.75, 3.05) is 13.2 Å². The van der Waals surface area contributed by atoms with Gasteiger partial charge in [0.25, 0.3) is 0 Å². The molecule has 1 aliphatic rings. The van der Waals surface area contributed by atoms with Crippen LogP contribution in [0.4, 0.5) is 4.79 Å². The lowest BCUT2D eigenvalue weighted by molar-refractivity contribution is -0.488. The first-order chi connectivity index (χ1) is 4.68. The second-order valence-electron chi connectivity index (χ2n) is 1.82. The second kappa shape index (κ2) is 2.51. The maximum atomic E-state index is 10.2. The summed E-state index contributed by atoms with van der Waals surface area (Å²) in [7, 11) is 0. The molecule has 0 saturated carbocycles. The van der Waals surface area contributed by atoms with Gasteiger partial charge in [0.2, 0.25) is 12.6 Å². The minimum atomic E-state index is -0.827. The molecule has 0 aromatic heterocycles. The maximum absolute atomic E-state index is 10.2. The predicted octanol–water partition coefficient (Wildman–Crippen LogP) is -0.202. The molecule has 56 valence electrons. The molecule has 1 atom stereocenters. The van der Waals surface area contributed by atoms with Gasteiger partial charge >= 0.3 is 6.16 Å². The van der Waals surface area contributed by atoms with Crippen LogP contribution in [0.25, 0.3) is 0 Å². The lowest BCUT2D eigenvalue weighted by atomic mass is 10.4. The van der Waals surface area contributed by atoms with E-state index in [2.05, 4.69) is 9.47 Å². The number of cyclic esters (lactones) is 2. The average Bonchev–Trinajstić information content (AvgIpc) is 2.13. The summed E-state index contributed by atoms with van der Waals surface area (Å²) in [5.74, 6) is 0. The third-order valence-electron chi connectivity index (χ3n) is 1.00. The van der Waals surface area contributed by atoms with Crippen LogP contribution in [0.5, 0.6) is 0 Å². The van der Waals surface area contributed by atoms with E-state index in [4.69, 9.17) is 0 Å². The molecule has 0 aliphatic carbocycles. The van der Waals surface area contributed by atoms with Crippen LogP contribution in [-0.2, 0) is 9.47 Å². The molecule has 1 aliphatic heterocycles. The van der Waals surface area contributed by atoms with E-state index in [1.165, 1.54) is 0 Å². The molecule has 0 radical (unpaired) electrons. The van der Waals surface area contributed by atoms with Crippen molar-refractivity contribution in [3.8, 4) is 0 Å². The number of nitro groups is 1. The molecule has 0 amide bonds. The Hall–Kier alpha value is -1.33. The summed E-state index contributed by atoms with van der Waals surface area (Å²) >= 11 is 0. The molecule has 0 bridgehead atoms. The fourth-order valence-electron chi connectivity index (χ4n) is 0.621. The third kappa shape index (κ3) is 1.57. The fraction of sp³-hybridized carbons (Fsp3) is 0.750. The normalized spacial score (nSPS) is 23.6. The Balaban J connectivity index is 2.31. The van der Waals surface area contributed by atoms with Crippen molar-refractivity contribution in [1.29, 1.82) is 0 Å². The van der Waals surface area contributed by atoms with Crippen LogP contribution in [0.3, 0.4) is 0 Å². The summed E-state index contributed by atoms with van der Waals surface area (Å²) in [5, 5.41) is 9.82. The Kier molecular flexibility index (Phi) is 1.70. The highest BCUT2D eigenvalue weighted by atomic mass is 16.8. The SMILES string of the molecule is O=C1OCC(C[N+](=O)[O-])O1. The molecule has 6 nitrogen and oxygen atoms in total. The lowest BCUT2D eigenvalue weighted by Gasteiger charge is -1.96. The molecule has 10 heavy (non-hydrogen) atoms. The van der Waals surface area contributed by atoms with Crippen molar-refractivity contribution in [3.63, 3.8) is 0 Å². The zero-order valence-corrected chi connectivity index (χ0v) is 4.98. The lowest BCUT2D eigenvalue weighted by Crippen LogP contribution is -2.21. The maximum Gasteiger partial charge on any atom is 0.509 e. The zero-order chi connectivity index (χ0) is 7.56. The molecule has 1 saturated heterocycles. The van der Waals surface area contributed by atoms with Gasteiger partial charge in [0.05, 0.1) is 0 Å². The molecule has 0 N–H and O–H groups in total. The van der Waals surface area contributed by atoms with Crippen molar-refractivity contribution in [3.05, 3.63) is 10.1 Å².